The molecule has 0 aromatic carbocycles. The van der Waals surface area contributed by atoms with Crippen LogP contribution in [-0.4, -0.2) is 24.4 Å². The van der Waals surface area contributed by atoms with Crippen molar-refractivity contribution in [2.45, 2.75) is 53.4 Å². The van der Waals surface area contributed by atoms with Crippen molar-refractivity contribution in [3.8, 4) is 0 Å². The Hall–Kier alpha value is -0.530. The highest BCUT2D eigenvalue weighted by Crippen LogP contribution is 1.97. The molecule has 0 saturated carbocycles. The Morgan fingerprint density at radius 2 is 1.69 bits per heavy atom. The third-order valence-corrected chi connectivity index (χ3v) is 1.83. The molecule has 0 aliphatic carbocycles. The first-order valence-corrected chi connectivity index (χ1v) is 5.46. The fourth-order valence-corrected chi connectivity index (χ4v) is 0.994. The van der Waals surface area contributed by atoms with Crippen molar-refractivity contribution in [3.05, 3.63) is 0 Å². The summed E-state index contributed by atoms with van der Waals surface area (Å²) in [5.41, 5.74) is 0. The second-order valence-electron chi connectivity index (χ2n) is 2.88. The number of unbranched alkanes of at least 4 members (excludes halogenated alkanes) is 2. The van der Waals surface area contributed by atoms with Crippen LogP contribution in [0.4, 0.5) is 0 Å². The topological polar surface area (TPSA) is 20.3 Å². The lowest BCUT2D eigenvalue weighted by Crippen LogP contribution is -2.26. The minimum absolute atomic E-state index is 0.251. The van der Waals surface area contributed by atoms with Crippen molar-refractivity contribution < 1.29 is 4.79 Å². The van der Waals surface area contributed by atoms with Crippen LogP contribution in [-0.2, 0) is 4.79 Å². The van der Waals surface area contributed by atoms with Crippen molar-refractivity contribution in [3.63, 3.8) is 0 Å². The lowest BCUT2D eigenvalue weighted by atomic mass is 10.2. The number of amides is 1. The molecule has 0 aliphatic heterocycles. The van der Waals surface area contributed by atoms with Crippen LogP contribution >= 0.6 is 0 Å². The molecule has 13 heavy (non-hydrogen) atoms. The summed E-state index contributed by atoms with van der Waals surface area (Å²) in [6.45, 7) is 8.99. The van der Waals surface area contributed by atoms with E-state index in [1.54, 1.807) is 0 Å². The van der Waals surface area contributed by atoms with E-state index in [2.05, 4.69) is 6.92 Å². The van der Waals surface area contributed by atoms with Crippen LogP contribution in [0.5, 0.6) is 0 Å². The molecule has 0 saturated heterocycles. The van der Waals surface area contributed by atoms with E-state index in [4.69, 9.17) is 0 Å². The van der Waals surface area contributed by atoms with Gasteiger partial charge < -0.3 is 4.90 Å². The number of rotatable bonds is 5. The number of carbonyl (C=O) groups is 1. The van der Waals surface area contributed by atoms with Gasteiger partial charge in [0, 0.05) is 20.0 Å². The van der Waals surface area contributed by atoms with Crippen molar-refractivity contribution in [2.75, 3.05) is 13.6 Å². The molecule has 0 N–H and O–H groups in total. The summed E-state index contributed by atoms with van der Waals surface area (Å²) in [6.07, 6.45) is 4.21. The summed E-state index contributed by atoms with van der Waals surface area (Å²) in [5, 5.41) is 0. The molecule has 2 heteroatoms. The lowest BCUT2D eigenvalue weighted by Gasteiger charge is -2.15. The van der Waals surface area contributed by atoms with Crippen LogP contribution in [0.3, 0.4) is 0 Å². The molecule has 0 rings (SSSR count). The van der Waals surface area contributed by atoms with Crippen LogP contribution in [0.15, 0.2) is 0 Å². The molecular formula is C11H25NO. The molecule has 0 aromatic rings. The predicted molar refractivity (Wildman–Crippen MR) is 58.8 cm³/mol. The van der Waals surface area contributed by atoms with Gasteiger partial charge >= 0.3 is 0 Å². The summed E-state index contributed by atoms with van der Waals surface area (Å²) < 4.78 is 0. The number of carbonyl (C=O) groups excluding carboxylic acids is 1. The van der Waals surface area contributed by atoms with E-state index in [0.717, 1.165) is 13.0 Å². The second kappa shape index (κ2) is 11.5. The van der Waals surface area contributed by atoms with Gasteiger partial charge in [-0.05, 0) is 6.42 Å². The van der Waals surface area contributed by atoms with Gasteiger partial charge in [0.2, 0.25) is 5.91 Å². The largest absolute Gasteiger partial charge is 0.346 e. The fraction of sp³-hybridized carbons (Fsp3) is 0.909. The van der Waals surface area contributed by atoms with E-state index in [-0.39, 0.29) is 5.91 Å². The molecule has 0 atom stereocenters. The Kier molecular flexibility index (Phi) is 13.2. The van der Waals surface area contributed by atoms with Gasteiger partial charge in [0.25, 0.3) is 0 Å². The Morgan fingerprint density at radius 1 is 1.15 bits per heavy atom. The highest BCUT2D eigenvalue weighted by molar-refractivity contribution is 5.75. The Labute approximate surface area is 83.3 Å². The van der Waals surface area contributed by atoms with Crippen molar-refractivity contribution >= 4 is 5.91 Å². The standard InChI is InChI=1S/C9H19NO.C2H6/c1-4-6-7-8-10(3)9(11)5-2;1-2/h4-8H2,1-3H3;1-2H3. The third kappa shape index (κ3) is 9.38. The maximum atomic E-state index is 11.0. The molecule has 0 spiro atoms. The predicted octanol–water partition coefficient (Wildman–Crippen LogP) is 3.07. The van der Waals surface area contributed by atoms with Gasteiger partial charge in [-0.15, -0.1) is 0 Å². The van der Waals surface area contributed by atoms with E-state index in [1.165, 1.54) is 12.8 Å². The van der Waals surface area contributed by atoms with E-state index < -0.39 is 0 Å². The monoisotopic (exact) mass is 187 g/mol. The van der Waals surface area contributed by atoms with Crippen LogP contribution in [0.1, 0.15) is 53.4 Å². The van der Waals surface area contributed by atoms with Gasteiger partial charge in [-0.1, -0.05) is 40.5 Å². The minimum atomic E-state index is 0.251. The smallest absolute Gasteiger partial charge is 0.222 e. The zero-order valence-electron chi connectivity index (χ0n) is 9.89. The highest BCUT2D eigenvalue weighted by atomic mass is 16.2. The van der Waals surface area contributed by atoms with Gasteiger partial charge in [0.05, 0.1) is 0 Å². The molecule has 0 fully saturated rings. The summed E-state index contributed by atoms with van der Waals surface area (Å²) in [4.78, 5) is 12.8. The molecule has 0 radical (unpaired) electrons. The zero-order valence-corrected chi connectivity index (χ0v) is 9.89. The van der Waals surface area contributed by atoms with Gasteiger partial charge in [0.1, 0.15) is 0 Å². The Bertz CT molecular complexity index is 113. The lowest BCUT2D eigenvalue weighted by molar-refractivity contribution is -0.129. The first-order chi connectivity index (χ1) is 6.22. The van der Waals surface area contributed by atoms with Gasteiger partial charge in [-0.3, -0.25) is 4.79 Å². The molecule has 1 amide bonds. The fourth-order valence-electron chi connectivity index (χ4n) is 0.994. The van der Waals surface area contributed by atoms with E-state index in [1.807, 2.05) is 32.7 Å². The number of hydrogen-bond acceptors (Lipinski definition) is 1. The summed E-state index contributed by atoms with van der Waals surface area (Å²) in [5.74, 6) is 0.251. The van der Waals surface area contributed by atoms with Crippen LogP contribution in [0.25, 0.3) is 0 Å². The zero-order chi connectivity index (χ0) is 10.7. The maximum absolute atomic E-state index is 11.0. The number of nitrogens with zero attached hydrogens (tertiary/aromatic N) is 1. The first kappa shape index (κ1) is 15.0. The average Bonchev–Trinajstić information content (AvgIpc) is 2.20. The van der Waals surface area contributed by atoms with Crippen molar-refractivity contribution in [2.24, 2.45) is 0 Å². The molecule has 0 aliphatic rings. The quantitative estimate of drug-likeness (QED) is 0.606. The van der Waals surface area contributed by atoms with Gasteiger partial charge in [0.15, 0.2) is 0 Å². The maximum Gasteiger partial charge on any atom is 0.222 e. The summed E-state index contributed by atoms with van der Waals surface area (Å²) in [6, 6.07) is 0. The minimum Gasteiger partial charge on any atom is -0.346 e. The average molecular weight is 187 g/mol. The van der Waals surface area contributed by atoms with E-state index >= 15 is 0 Å². The molecule has 2 nitrogen and oxygen atoms in total. The van der Waals surface area contributed by atoms with E-state index in [9.17, 15) is 4.79 Å². The molecule has 0 heterocycles. The first-order valence-electron chi connectivity index (χ1n) is 5.46. The Morgan fingerprint density at radius 3 is 2.08 bits per heavy atom. The summed E-state index contributed by atoms with van der Waals surface area (Å²) >= 11 is 0. The van der Waals surface area contributed by atoms with Gasteiger partial charge in [-0.2, -0.15) is 0 Å². The van der Waals surface area contributed by atoms with E-state index in [0.29, 0.717) is 6.42 Å². The Balaban J connectivity index is 0. The molecule has 0 aromatic heterocycles. The normalized spacial score (nSPS) is 8.69. The molecule has 80 valence electrons. The molecule has 0 unspecified atom stereocenters. The third-order valence-electron chi connectivity index (χ3n) is 1.83. The SMILES string of the molecule is CC.CCCCCN(C)C(=O)CC. The highest BCUT2D eigenvalue weighted by Gasteiger charge is 2.03. The van der Waals surface area contributed by atoms with Crippen molar-refractivity contribution in [1.29, 1.82) is 0 Å². The van der Waals surface area contributed by atoms with Crippen LogP contribution in [0.2, 0.25) is 0 Å². The van der Waals surface area contributed by atoms with Crippen LogP contribution < -0.4 is 0 Å². The molecule has 0 bridgehead atoms. The second-order valence-corrected chi connectivity index (χ2v) is 2.88. The van der Waals surface area contributed by atoms with Gasteiger partial charge in [-0.25, -0.2) is 0 Å². The molecular weight excluding hydrogens is 162 g/mol. The number of hydrogen-bond donors (Lipinski definition) is 0. The van der Waals surface area contributed by atoms with Crippen LogP contribution in [0, 0.1) is 0 Å². The van der Waals surface area contributed by atoms with Crippen molar-refractivity contribution in [1.82, 2.24) is 4.90 Å². The summed E-state index contributed by atoms with van der Waals surface area (Å²) in [7, 11) is 1.88.